The number of nitrogens with one attached hydrogen (secondary N) is 1. The fourth-order valence-electron chi connectivity index (χ4n) is 3.51. The molecule has 9 nitrogen and oxygen atoms in total. The number of amides is 1. The molecular weight excluding hydrogens is 401 g/mol. The number of carbonyl (C=O) groups is 1. The molecule has 10 heteroatoms. The summed E-state index contributed by atoms with van der Waals surface area (Å²) in [6.07, 6.45) is 1.23. The van der Waals surface area contributed by atoms with Gasteiger partial charge < -0.3 is 20.7 Å². The normalized spacial score (nSPS) is 14.8. The van der Waals surface area contributed by atoms with Crippen LogP contribution in [0.15, 0.2) is 30.6 Å². The number of hydrogen-bond acceptors (Lipinski definition) is 8. The molecule has 0 spiro atoms. The van der Waals surface area contributed by atoms with E-state index in [0.29, 0.717) is 42.9 Å². The average Bonchev–Trinajstić information content (AvgIpc) is 2.79. The largest absolute Gasteiger partial charge is 0.382 e. The molecule has 3 aromatic rings. The third-order valence-corrected chi connectivity index (χ3v) is 5.11. The van der Waals surface area contributed by atoms with Crippen LogP contribution in [0.3, 0.4) is 0 Å². The van der Waals surface area contributed by atoms with Crippen molar-refractivity contribution in [3.05, 3.63) is 53.2 Å². The predicted molar refractivity (Wildman–Crippen MR) is 112 cm³/mol. The van der Waals surface area contributed by atoms with Crippen LogP contribution in [-0.2, 0) is 4.74 Å². The molecule has 0 radical (unpaired) electrons. The van der Waals surface area contributed by atoms with E-state index in [1.165, 1.54) is 12.4 Å². The van der Waals surface area contributed by atoms with Crippen LogP contribution in [0.1, 0.15) is 34.6 Å². The molecule has 4 rings (SSSR count). The van der Waals surface area contributed by atoms with E-state index in [-0.39, 0.29) is 28.6 Å². The number of carbonyl (C=O) groups excluding carboxylic acids is 1. The molecule has 0 saturated carbocycles. The number of nitrogens with zero attached hydrogens (tertiary/aromatic N) is 5. The Morgan fingerprint density at radius 1 is 1.35 bits per heavy atom. The molecule has 0 bridgehead atoms. The van der Waals surface area contributed by atoms with Gasteiger partial charge in [0.15, 0.2) is 0 Å². The summed E-state index contributed by atoms with van der Waals surface area (Å²) < 4.78 is 19.8. The third-order valence-electron chi connectivity index (χ3n) is 5.11. The van der Waals surface area contributed by atoms with Crippen molar-refractivity contribution in [2.75, 3.05) is 37.4 Å². The van der Waals surface area contributed by atoms with Crippen molar-refractivity contribution >= 4 is 28.4 Å². The van der Waals surface area contributed by atoms with Gasteiger partial charge in [0.1, 0.15) is 40.9 Å². The Hall–Kier alpha value is -3.84. The second kappa shape index (κ2) is 8.49. The highest BCUT2D eigenvalue weighted by atomic mass is 19.1. The molecule has 2 aromatic heterocycles. The number of nitrogens with two attached hydrogens (primary N) is 1. The molecular formula is C21H20FN7O2. The minimum absolute atomic E-state index is 0.0364. The predicted octanol–water partition coefficient (Wildman–Crippen LogP) is 2.26. The summed E-state index contributed by atoms with van der Waals surface area (Å²) in [6, 6.07) is 7.64. The number of nitriles is 1. The van der Waals surface area contributed by atoms with Crippen LogP contribution in [0.25, 0.3) is 10.9 Å². The highest BCUT2D eigenvalue weighted by molar-refractivity contribution is 5.99. The summed E-state index contributed by atoms with van der Waals surface area (Å²) >= 11 is 0. The van der Waals surface area contributed by atoms with E-state index in [4.69, 9.17) is 10.5 Å². The number of para-hydroxylation sites is 1. The molecule has 158 valence electrons. The van der Waals surface area contributed by atoms with Crippen LogP contribution in [-0.4, -0.2) is 52.1 Å². The fourth-order valence-corrected chi connectivity index (χ4v) is 3.51. The molecule has 1 atom stereocenters. The van der Waals surface area contributed by atoms with Gasteiger partial charge in [0.25, 0.3) is 5.91 Å². The molecule has 31 heavy (non-hydrogen) atoms. The van der Waals surface area contributed by atoms with E-state index in [0.717, 1.165) is 0 Å². The number of ether oxygens (including phenoxy) is 1. The minimum Gasteiger partial charge on any atom is -0.382 e. The van der Waals surface area contributed by atoms with Crippen molar-refractivity contribution in [3.8, 4) is 6.07 Å². The van der Waals surface area contributed by atoms with Crippen LogP contribution in [0.2, 0.25) is 0 Å². The molecule has 0 aliphatic carbocycles. The number of aromatic nitrogens is 3. The molecule has 3 N–H and O–H groups in total. The van der Waals surface area contributed by atoms with Crippen molar-refractivity contribution in [2.45, 2.75) is 13.0 Å². The lowest BCUT2D eigenvalue weighted by Gasteiger charge is -2.28. The van der Waals surface area contributed by atoms with Crippen LogP contribution in [0.4, 0.5) is 16.0 Å². The molecule has 3 heterocycles. The zero-order valence-electron chi connectivity index (χ0n) is 16.8. The zero-order chi connectivity index (χ0) is 22.0. The number of morpholine rings is 1. The Morgan fingerprint density at radius 3 is 2.87 bits per heavy atom. The van der Waals surface area contributed by atoms with E-state index in [1.54, 1.807) is 30.0 Å². The highest BCUT2D eigenvalue weighted by Gasteiger charge is 2.26. The molecule has 1 fully saturated rings. The number of anilines is 2. The van der Waals surface area contributed by atoms with Gasteiger partial charge in [0, 0.05) is 18.5 Å². The maximum absolute atomic E-state index is 14.4. The van der Waals surface area contributed by atoms with Gasteiger partial charge in [-0.05, 0) is 19.1 Å². The summed E-state index contributed by atoms with van der Waals surface area (Å²) in [5.41, 5.74) is 6.70. The number of pyridine rings is 1. The van der Waals surface area contributed by atoms with E-state index in [9.17, 15) is 14.4 Å². The van der Waals surface area contributed by atoms with Gasteiger partial charge in [-0.2, -0.15) is 5.26 Å². The van der Waals surface area contributed by atoms with Gasteiger partial charge in [-0.25, -0.2) is 19.3 Å². The number of rotatable bonds is 4. The van der Waals surface area contributed by atoms with Crippen LogP contribution >= 0.6 is 0 Å². The Bertz CT molecular complexity index is 1190. The standard InChI is InChI=1S/C21H20FN7O2/c1-12(27-20-15(10-23)19(24)25-11-26-20)17-14(21(30)29-5-7-31-8-6-29)9-13-3-2-4-16(22)18(13)28-17/h2-4,9,11-12H,5-8H2,1H3,(H3,24,25,26,27)/t12-/m0/s1. The van der Waals surface area contributed by atoms with Crippen molar-refractivity contribution in [3.63, 3.8) is 0 Å². The first kappa shape index (κ1) is 20.4. The second-order valence-electron chi connectivity index (χ2n) is 7.10. The first-order valence-electron chi connectivity index (χ1n) is 9.73. The second-order valence-corrected chi connectivity index (χ2v) is 7.10. The summed E-state index contributed by atoms with van der Waals surface area (Å²) in [5, 5.41) is 13.0. The number of hydrogen-bond donors (Lipinski definition) is 2. The smallest absolute Gasteiger partial charge is 0.255 e. The van der Waals surface area contributed by atoms with E-state index in [2.05, 4.69) is 20.3 Å². The van der Waals surface area contributed by atoms with Gasteiger partial charge in [0.05, 0.1) is 30.5 Å². The van der Waals surface area contributed by atoms with Crippen molar-refractivity contribution in [1.29, 1.82) is 5.26 Å². The summed E-state index contributed by atoms with van der Waals surface area (Å²) in [7, 11) is 0. The quantitative estimate of drug-likeness (QED) is 0.656. The molecule has 1 amide bonds. The summed E-state index contributed by atoms with van der Waals surface area (Å²) in [5.74, 6) is -0.453. The minimum atomic E-state index is -0.578. The summed E-state index contributed by atoms with van der Waals surface area (Å²) in [4.78, 5) is 27.4. The number of fused-ring (bicyclic) bond motifs is 1. The maximum Gasteiger partial charge on any atom is 0.255 e. The highest BCUT2D eigenvalue weighted by Crippen LogP contribution is 2.28. The lowest BCUT2D eigenvalue weighted by Crippen LogP contribution is -2.41. The van der Waals surface area contributed by atoms with Crippen LogP contribution in [0, 0.1) is 17.1 Å². The van der Waals surface area contributed by atoms with Gasteiger partial charge in [-0.1, -0.05) is 12.1 Å². The fraction of sp³-hybridized carbons (Fsp3) is 0.286. The van der Waals surface area contributed by atoms with Gasteiger partial charge in [-0.15, -0.1) is 0 Å². The average molecular weight is 421 g/mol. The lowest BCUT2D eigenvalue weighted by atomic mass is 10.0. The maximum atomic E-state index is 14.4. The Balaban J connectivity index is 1.79. The third kappa shape index (κ3) is 3.95. The van der Waals surface area contributed by atoms with E-state index >= 15 is 0 Å². The molecule has 0 unspecified atom stereocenters. The summed E-state index contributed by atoms with van der Waals surface area (Å²) in [6.45, 7) is 3.58. The first-order chi connectivity index (χ1) is 15.0. The SMILES string of the molecule is C[C@H](Nc1ncnc(N)c1C#N)c1nc2c(F)cccc2cc1C(=O)N1CCOCC1. The Labute approximate surface area is 177 Å². The monoisotopic (exact) mass is 421 g/mol. The zero-order valence-corrected chi connectivity index (χ0v) is 16.8. The van der Waals surface area contributed by atoms with E-state index in [1.807, 2.05) is 6.07 Å². The van der Waals surface area contributed by atoms with Crippen molar-refractivity contribution in [2.24, 2.45) is 0 Å². The van der Waals surface area contributed by atoms with Gasteiger partial charge >= 0.3 is 0 Å². The topological polar surface area (TPSA) is 130 Å². The Kier molecular flexibility index (Phi) is 5.60. The number of halogens is 1. The van der Waals surface area contributed by atoms with Gasteiger partial charge in [-0.3, -0.25) is 4.79 Å². The molecule has 1 aliphatic rings. The van der Waals surface area contributed by atoms with Crippen LogP contribution in [0.5, 0.6) is 0 Å². The Morgan fingerprint density at radius 2 is 2.13 bits per heavy atom. The van der Waals surface area contributed by atoms with Crippen molar-refractivity contribution in [1.82, 2.24) is 19.9 Å². The molecule has 1 saturated heterocycles. The van der Waals surface area contributed by atoms with E-state index < -0.39 is 11.9 Å². The molecule has 1 aromatic carbocycles. The number of benzene rings is 1. The van der Waals surface area contributed by atoms with Crippen molar-refractivity contribution < 1.29 is 13.9 Å². The lowest BCUT2D eigenvalue weighted by molar-refractivity contribution is 0.0301. The number of nitrogen functional groups attached to an aromatic ring is 1. The first-order valence-corrected chi connectivity index (χ1v) is 9.73. The van der Waals surface area contributed by atoms with Crippen LogP contribution < -0.4 is 11.1 Å². The van der Waals surface area contributed by atoms with Gasteiger partial charge in [0.2, 0.25) is 0 Å². The molecule has 1 aliphatic heterocycles.